The molecule has 2 heteroatoms. The highest BCUT2D eigenvalue weighted by Crippen LogP contribution is 2.15. The number of nitriles is 1. The van der Waals surface area contributed by atoms with E-state index in [1.54, 1.807) is 6.07 Å². The second-order valence-electron chi connectivity index (χ2n) is 2.69. The lowest BCUT2D eigenvalue weighted by Gasteiger charge is -2.02. The van der Waals surface area contributed by atoms with Gasteiger partial charge in [-0.2, -0.15) is 5.26 Å². The average molecular weight is 172 g/mol. The predicted molar refractivity (Wildman–Crippen MR) is 52.9 cm³/mol. The molecule has 66 valence electrons. The zero-order chi connectivity index (χ0) is 9.68. The van der Waals surface area contributed by atoms with Crippen LogP contribution in [0.5, 0.6) is 0 Å². The minimum absolute atomic E-state index is 0.477. The molecule has 1 heterocycles. The number of pyridine rings is 1. The highest BCUT2D eigenvalue weighted by atomic mass is 14.7. The van der Waals surface area contributed by atoms with Crippen molar-refractivity contribution in [2.75, 3.05) is 0 Å². The fraction of sp³-hybridized carbons (Fsp3) is 0.273. The lowest BCUT2D eigenvalue weighted by Crippen LogP contribution is -1.90. The van der Waals surface area contributed by atoms with Crippen LogP contribution in [-0.4, -0.2) is 4.98 Å². The quantitative estimate of drug-likeness (QED) is 0.687. The molecule has 0 unspecified atom stereocenters. The van der Waals surface area contributed by atoms with Gasteiger partial charge in [-0.25, -0.2) is 4.98 Å². The molecule has 2 nitrogen and oxygen atoms in total. The van der Waals surface area contributed by atoms with Crippen LogP contribution in [0.1, 0.15) is 31.7 Å². The molecular weight excluding hydrogens is 160 g/mol. The summed E-state index contributed by atoms with van der Waals surface area (Å²) in [6.07, 6.45) is 2.97. The Labute approximate surface area is 78.5 Å². The lowest BCUT2D eigenvalue weighted by atomic mass is 10.1. The fourth-order valence-electron chi connectivity index (χ4n) is 1.21. The second-order valence-corrected chi connectivity index (χ2v) is 2.69. The molecule has 0 atom stereocenters. The van der Waals surface area contributed by atoms with Crippen molar-refractivity contribution in [2.24, 2.45) is 0 Å². The Morgan fingerprint density at radius 3 is 2.92 bits per heavy atom. The van der Waals surface area contributed by atoms with Crippen molar-refractivity contribution in [1.82, 2.24) is 4.98 Å². The highest BCUT2D eigenvalue weighted by Gasteiger charge is 2.00. The molecule has 0 aliphatic carbocycles. The number of allylic oxidation sites excluding steroid dienone is 2. The topological polar surface area (TPSA) is 36.7 Å². The maximum absolute atomic E-state index is 8.66. The molecule has 0 aromatic carbocycles. The van der Waals surface area contributed by atoms with Gasteiger partial charge in [-0.1, -0.05) is 19.1 Å². The number of aromatic nitrogens is 1. The highest BCUT2D eigenvalue weighted by molar-refractivity contribution is 5.62. The van der Waals surface area contributed by atoms with E-state index in [0.29, 0.717) is 5.69 Å². The van der Waals surface area contributed by atoms with Crippen molar-refractivity contribution >= 4 is 5.57 Å². The minimum atomic E-state index is 0.477. The molecule has 1 rings (SSSR count). The van der Waals surface area contributed by atoms with Crippen LogP contribution in [0.15, 0.2) is 24.3 Å². The first-order chi connectivity index (χ1) is 6.31. The van der Waals surface area contributed by atoms with Gasteiger partial charge in [0.05, 0.1) is 5.69 Å². The Hall–Kier alpha value is -1.62. The van der Waals surface area contributed by atoms with Crippen LogP contribution in [0.25, 0.3) is 5.57 Å². The second kappa shape index (κ2) is 4.42. The Balaban J connectivity index is 3.09. The third-order valence-electron chi connectivity index (χ3n) is 1.92. The van der Waals surface area contributed by atoms with Gasteiger partial charge in [-0.05, 0) is 31.1 Å². The van der Waals surface area contributed by atoms with Crippen molar-refractivity contribution < 1.29 is 0 Å². The van der Waals surface area contributed by atoms with Crippen LogP contribution in [0.4, 0.5) is 0 Å². The van der Waals surface area contributed by atoms with Gasteiger partial charge in [-0.15, -0.1) is 0 Å². The van der Waals surface area contributed by atoms with E-state index in [-0.39, 0.29) is 0 Å². The zero-order valence-corrected chi connectivity index (χ0v) is 7.91. The number of rotatable bonds is 2. The Kier molecular flexibility index (Phi) is 3.22. The van der Waals surface area contributed by atoms with E-state index in [0.717, 1.165) is 12.1 Å². The smallest absolute Gasteiger partial charge is 0.141 e. The van der Waals surface area contributed by atoms with E-state index in [4.69, 9.17) is 5.26 Å². The van der Waals surface area contributed by atoms with E-state index in [1.807, 2.05) is 31.2 Å². The molecule has 1 aromatic heterocycles. The van der Waals surface area contributed by atoms with Crippen LogP contribution in [0.2, 0.25) is 0 Å². The summed E-state index contributed by atoms with van der Waals surface area (Å²) in [4.78, 5) is 4.20. The van der Waals surface area contributed by atoms with E-state index < -0.39 is 0 Å². The largest absolute Gasteiger partial charge is 0.237 e. The van der Waals surface area contributed by atoms with Crippen LogP contribution in [0.3, 0.4) is 0 Å². The van der Waals surface area contributed by atoms with Crippen molar-refractivity contribution in [3.63, 3.8) is 0 Å². The molecule has 0 fully saturated rings. The third-order valence-corrected chi connectivity index (χ3v) is 1.92. The Morgan fingerprint density at radius 2 is 2.38 bits per heavy atom. The minimum Gasteiger partial charge on any atom is -0.237 e. The van der Waals surface area contributed by atoms with E-state index in [9.17, 15) is 0 Å². The summed E-state index contributed by atoms with van der Waals surface area (Å²) < 4.78 is 0. The molecule has 0 aliphatic rings. The molecule has 0 bridgehead atoms. The molecule has 0 spiro atoms. The van der Waals surface area contributed by atoms with Crippen molar-refractivity contribution in [2.45, 2.75) is 20.3 Å². The number of hydrogen-bond acceptors (Lipinski definition) is 2. The normalized spacial score (nSPS) is 11.0. The Morgan fingerprint density at radius 1 is 1.62 bits per heavy atom. The SMILES string of the molecule is CC=C(CC)c1cccc(C#N)n1. The summed E-state index contributed by atoms with van der Waals surface area (Å²) in [6, 6.07) is 7.54. The van der Waals surface area contributed by atoms with E-state index in [1.165, 1.54) is 5.57 Å². The van der Waals surface area contributed by atoms with Gasteiger partial charge >= 0.3 is 0 Å². The predicted octanol–water partition coefficient (Wildman–Crippen LogP) is 2.77. The van der Waals surface area contributed by atoms with Crippen LogP contribution in [-0.2, 0) is 0 Å². The van der Waals surface area contributed by atoms with Gasteiger partial charge in [0.1, 0.15) is 11.8 Å². The molecular formula is C11H12N2. The van der Waals surface area contributed by atoms with Gasteiger partial charge in [0.15, 0.2) is 0 Å². The average Bonchev–Trinajstić information content (AvgIpc) is 2.20. The van der Waals surface area contributed by atoms with Crippen molar-refractivity contribution in [3.8, 4) is 6.07 Å². The van der Waals surface area contributed by atoms with E-state index >= 15 is 0 Å². The lowest BCUT2D eigenvalue weighted by molar-refractivity contribution is 1.15. The summed E-state index contributed by atoms with van der Waals surface area (Å²) >= 11 is 0. The van der Waals surface area contributed by atoms with E-state index in [2.05, 4.69) is 11.9 Å². The van der Waals surface area contributed by atoms with Gasteiger partial charge < -0.3 is 0 Å². The summed E-state index contributed by atoms with van der Waals surface area (Å²) in [7, 11) is 0. The maximum atomic E-state index is 8.66. The van der Waals surface area contributed by atoms with Crippen molar-refractivity contribution in [3.05, 3.63) is 35.7 Å². The zero-order valence-electron chi connectivity index (χ0n) is 7.91. The summed E-state index contributed by atoms with van der Waals surface area (Å²) in [5.41, 5.74) is 2.56. The first-order valence-electron chi connectivity index (χ1n) is 4.34. The monoisotopic (exact) mass is 172 g/mol. The fourth-order valence-corrected chi connectivity index (χ4v) is 1.21. The van der Waals surface area contributed by atoms with Crippen molar-refractivity contribution in [1.29, 1.82) is 5.26 Å². The standard InChI is InChI=1S/C11H12N2/c1-3-9(4-2)11-7-5-6-10(8-12)13-11/h3,5-7H,4H2,1-2H3. The van der Waals surface area contributed by atoms with Crippen LogP contribution >= 0.6 is 0 Å². The molecule has 0 aliphatic heterocycles. The van der Waals surface area contributed by atoms with Gasteiger partial charge in [-0.3, -0.25) is 0 Å². The number of hydrogen-bond donors (Lipinski definition) is 0. The molecule has 0 radical (unpaired) electrons. The molecule has 1 aromatic rings. The molecule has 0 N–H and O–H groups in total. The number of nitrogens with zero attached hydrogens (tertiary/aromatic N) is 2. The molecule has 0 saturated carbocycles. The van der Waals surface area contributed by atoms with Crippen LogP contribution < -0.4 is 0 Å². The Bertz CT molecular complexity index is 359. The van der Waals surface area contributed by atoms with Crippen LogP contribution in [0, 0.1) is 11.3 Å². The first-order valence-corrected chi connectivity index (χ1v) is 4.34. The summed E-state index contributed by atoms with van der Waals surface area (Å²) in [5.74, 6) is 0. The van der Waals surface area contributed by atoms with Gasteiger partial charge in [0.2, 0.25) is 0 Å². The molecule has 13 heavy (non-hydrogen) atoms. The van der Waals surface area contributed by atoms with Gasteiger partial charge in [0.25, 0.3) is 0 Å². The maximum Gasteiger partial charge on any atom is 0.141 e. The summed E-state index contributed by atoms with van der Waals surface area (Å²) in [5, 5.41) is 8.66. The molecule has 0 saturated heterocycles. The summed E-state index contributed by atoms with van der Waals surface area (Å²) in [6.45, 7) is 4.07. The van der Waals surface area contributed by atoms with Gasteiger partial charge in [0, 0.05) is 0 Å². The molecule has 0 amide bonds. The first kappa shape index (κ1) is 9.47. The third kappa shape index (κ3) is 2.16.